The monoisotopic (exact) mass is 404 g/mol. The Morgan fingerprint density at radius 1 is 1.07 bits per heavy atom. The van der Waals surface area contributed by atoms with Crippen LogP contribution in [0.5, 0.6) is 11.5 Å². The summed E-state index contributed by atoms with van der Waals surface area (Å²) in [7, 11) is 1.51. The summed E-state index contributed by atoms with van der Waals surface area (Å²) in [5.41, 5.74) is 0.675. The molecule has 0 N–H and O–H groups in total. The molecule has 0 atom stereocenters. The first kappa shape index (κ1) is 20.4. The van der Waals surface area contributed by atoms with Crippen molar-refractivity contribution in [3.63, 3.8) is 0 Å². The van der Waals surface area contributed by atoms with Gasteiger partial charge in [-0.05, 0) is 55.8 Å². The predicted molar refractivity (Wildman–Crippen MR) is 101 cm³/mol. The molecule has 152 valence electrons. The summed E-state index contributed by atoms with van der Waals surface area (Å²) in [4.78, 5) is 0. The average molecular weight is 404 g/mol. The number of nitrogens with zero attached hydrogens (tertiary/aromatic N) is 4. The summed E-state index contributed by atoms with van der Waals surface area (Å²) in [6.07, 6.45) is -2.79. The van der Waals surface area contributed by atoms with Crippen molar-refractivity contribution in [1.82, 2.24) is 14.9 Å². The van der Waals surface area contributed by atoms with Crippen LogP contribution in [0.2, 0.25) is 0 Å². The van der Waals surface area contributed by atoms with Gasteiger partial charge >= 0.3 is 6.18 Å². The van der Waals surface area contributed by atoms with E-state index in [9.17, 15) is 13.2 Å². The second-order valence-electron chi connectivity index (χ2n) is 6.24. The Labute approximate surface area is 165 Å². The number of halogens is 3. The molecular weight excluding hydrogens is 385 g/mol. The molecule has 0 bridgehead atoms. The summed E-state index contributed by atoms with van der Waals surface area (Å²) in [6.45, 7) is 3.62. The molecule has 3 aromatic rings. The lowest BCUT2D eigenvalue weighted by Gasteiger charge is -2.13. The molecule has 0 aliphatic rings. The topological polar surface area (TPSA) is 61.5 Å². The van der Waals surface area contributed by atoms with E-state index in [1.54, 1.807) is 36.9 Å². The van der Waals surface area contributed by atoms with E-state index in [-0.39, 0.29) is 12.4 Å². The minimum Gasteiger partial charge on any atom is -0.496 e. The molecule has 2 aromatic carbocycles. The molecule has 0 aliphatic carbocycles. The number of ether oxygens (including phenoxy) is 2. The van der Waals surface area contributed by atoms with Crippen molar-refractivity contribution < 1.29 is 22.6 Å². The van der Waals surface area contributed by atoms with Crippen LogP contribution in [0, 0.1) is 13.8 Å². The zero-order valence-corrected chi connectivity index (χ0v) is 16.1. The molecule has 0 saturated carbocycles. The summed E-state index contributed by atoms with van der Waals surface area (Å²) in [5, 5.41) is 12.2. The largest absolute Gasteiger partial charge is 0.496 e. The van der Waals surface area contributed by atoms with Crippen LogP contribution in [0.15, 0.2) is 47.6 Å². The van der Waals surface area contributed by atoms with Crippen molar-refractivity contribution in [2.75, 3.05) is 7.11 Å². The molecule has 6 nitrogen and oxygen atoms in total. The lowest BCUT2D eigenvalue weighted by molar-refractivity contribution is -0.137. The van der Waals surface area contributed by atoms with E-state index in [0.717, 1.165) is 17.7 Å². The molecule has 0 amide bonds. The third-order valence-corrected chi connectivity index (χ3v) is 4.13. The molecule has 1 aromatic heterocycles. The molecule has 0 aliphatic heterocycles. The van der Waals surface area contributed by atoms with Crippen molar-refractivity contribution in [2.45, 2.75) is 26.6 Å². The Kier molecular flexibility index (Phi) is 5.86. The SMILES string of the molecule is COc1ccc(/C=N\n2c(C)nnc2C)cc1COc1cccc(C(F)(F)F)c1. The second kappa shape index (κ2) is 8.34. The number of alkyl halides is 3. The molecule has 29 heavy (non-hydrogen) atoms. The second-order valence-corrected chi connectivity index (χ2v) is 6.24. The van der Waals surface area contributed by atoms with Gasteiger partial charge in [0.2, 0.25) is 0 Å². The highest BCUT2D eigenvalue weighted by Gasteiger charge is 2.30. The molecule has 0 unspecified atom stereocenters. The minimum absolute atomic E-state index is 0.0385. The molecule has 0 radical (unpaired) electrons. The molecule has 0 spiro atoms. The van der Waals surface area contributed by atoms with Crippen molar-refractivity contribution in [3.05, 3.63) is 70.8 Å². The van der Waals surface area contributed by atoms with Gasteiger partial charge < -0.3 is 9.47 Å². The van der Waals surface area contributed by atoms with Crippen LogP contribution in [0.3, 0.4) is 0 Å². The Morgan fingerprint density at radius 3 is 2.45 bits per heavy atom. The molecule has 0 fully saturated rings. The van der Waals surface area contributed by atoms with E-state index in [2.05, 4.69) is 15.3 Å². The van der Waals surface area contributed by atoms with E-state index < -0.39 is 11.7 Å². The van der Waals surface area contributed by atoms with Crippen molar-refractivity contribution in [1.29, 1.82) is 0 Å². The van der Waals surface area contributed by atoms with Gasteiger partial charge in [0.25, 0.3) is 0 Å². The Hall–Kier alpha value is -3.36. The standard InChI is InChI=1S/C20H19F3N4O2/c1-13-25-26-14(2)27(13)24-11-15-7-8-19(28-3)16(9-15)12-29-18-6-4-5-17(10-18)20(21,22)23/h4-11H,12H2,1-3H3/b24-11-. The van der Waals surface area contributed by atoms with Crippen molar-refractivity contribution in [3.8, 4) is 11.5 Å². The summed E-state index contributed by atoms with van der Waals surface area (Å²) >= 11 is 0. The highest BCUT2D eigenvalue weighted by molar-refractivity contribution is 5.80. The van der Waals surface area contributed by atoms with Gasteiger partial charge in [0.15, 0.2) is 11.6 Å². The van der Waals surface area contributed by atoms with E-state index in [0.29, 0.717) is 23.0 Å². The fourth-order valence-corrected chi connectivity index (χ4v) is 2.67. The van der Waals surface area contributed by atoms with Crippen LogP contribution < -0.4 is 9.47 Å². The maximum Gasteiger partial charge on any atom is 0.416 e. The summed E-state index contributed by atoms with van der Waals surface area (Å²) in [5.74, 6) is 1.99. The first-order chi connectivity index (χ1) is 13.8. The maximum absolute atomic E-state index is 12.9. The van der Waals surface area contributed by atoms with E-state index >= 15 is 0 Å². The molecule has 9 heteroatoms. The van der Waals surface area contributed by atoms with Gasteiger partial charge in [-0.15, -0.1) is 10.2 Å². The number of methoxy groups -OCH3 is 1. The van der Waals surface area contributed by atoms with Crippen LogP contribution in [0.25, 0.3) is 0 Å². The maximum atomic E-state index is 12.9. The number of benzene rings is 2. The van der Waals surface area contributed by atoms with Gasteiger partial charge in [0, 0.05) is 5.56 Å². The van der Waals surface area contributed by atoms with Gasteiger partial charge in [-0.1, -0.05) is 6.07 Å². The normalized spacial score (nSPS) is 11.8. The minimum atomic E-state index is -4.42. The Morgan fingerprint density at radius 2 is 1.79 bits per heavy atom. The van der Waals surface area contributed by atoms with Crippen LogP contribution in [0.4, 0.5) is 13.2 Å². The van der Waals surface area contributed by atoms with Crippen LogP contribution in [-0.4, -0.2) is 28.2 Å². The van der Waals surface area contributed by atoms with Gasteiger partial charge in [-0.3, -0.25) is 0 Å². The van der Waals surface area contributed by atoms with Crippen molar-refractivity contribution >= 4 is 6.21 Å². The van der Waals surface area contributed by atoms with E-state index in [1.807, 2.05) is 6.07 Å². The fourth-order valence-electron chi connectivity index (χ4n) is 2.67. The zero-order chi connectivity index (χ0) is 21.0. The van der Waals surface area contributed by atoms with Gasteiger partial charge in [-0.2, -0.15) is 18.3 Å². The van der Waals surface area contributed by atoms with Crippen LogP contribution in [-0.2, 0) is 12.8 Å². The van der Waals surface area contributed by atoms with Crippen molar-refractivity contribution in [2.24, 2.45) is 5.10 Å². The first-order valence-corrected chi connectivity index (χ1v) is 8.68. The van der Waals surface area contributed by atoms with Gasteiger partial charge in [-0.25, -0.2) is 4.68 Å². The lowest BCUT2D eigenvalue weighted by Crippen LogP contribution is -2.05. The fraction of sp³-hybridized carbons (Fsp3) is 0.250. The zero-order valence-electron chi connectivity index (χ0n) is 16.1. The number of rotatable bonds is 6. The summed E-state index contributed by atoms with van der Waals surface area (Å²) in [6, 6.07) is 10.1. The quantitative estimate of drug-likeness (QED) is 0.572. The van der Waals surface area contributed by atoms with Crippen LogP contribution >= 0.6 is 0 Å². The Bertz CT molecular complexity index is 1010. The van der Waals surface area contributed by atoms with E-state index in [1.165, 1.54) is 19.2 Å². The number of hydrogen-bond donors (Lipinski definition) is 0. The first-order valence-electron chi connectivity index (χ1n) is 8.68. The average Bonchev–Trinajstić information content (AvgIpc) is 3.02. The predicted octanol–water partition coefficient (Wildman–Crippen LogP) is 4.38. The van der Waals surface area contributed by atoms with E-state index in [4.69, 9.17) is 9.47 Å². The highest BCUT2D eigenvalue weighted by atomic mass is 19.4. The number of hydrogen-bond acceptors (Lipinski definition) is 5. The summed E-state index contributed by atoms with van der Waals surface area (Å²) < 4.78 is 51.1. The van der Waals surface area contributed by atoms with Gasteiger partial charge in [0.05, 0.1) is 18.9 Å². The molecule has 3 rings (SSSR count). The molecular formula is C20H19F3N4O2. The third kappa shape index (κ3) is 4.92. The molecule has 0 saturated heterocycles. The van der Waals surface area contributed by atoms with Crippen LogP contribution in [0.1, 0.15) is 28.3 Å². The third-order valence-electron chi connectivity index (χ3n) is 4.13. The number of aromatic nitrogens is 3. The molecule has 1 heterocycles. The highest BCUT2D eigenvalue weighted by Crippen LogP contribution is 2.31. The van der Waals surface area contributed by atoms with Gasteiger partial charge in [0.1, 0.15) is 18.1 Å². The smallest absolute Gasteiger partial charge is 0.416 e. The number of aryl methyl sites for hydroxylation is 2. The lowest BCUT2D eigenvalue weighted by atomic mass is 10.1. The Balaban J connectivity index is 1.79.